The maximum Gasteiger partial charge on any atom is 0.261 e. The summed E-state index contributed by atoms with van der Waals surface area (Å²) in [4.78, 5) is 138. The summed E-state index contributed by atoms with van der Waals surface area (Å²) in [5.74, 6) is -3.89. The highest BCUT2D eigenvalue weighted by Crippen LogP contribution is 2.72. The minimum atomic E-state index is -0.403. The van der Waals surface area contributed by atoms with Gasteiger partial charge in [-0.25, -0.2) is 0 Å². The van der Waals surface area contributed by atoms with Crippen molar-refractivity contribution in [3.63, 3.8) is 0 Å². The minimum absolute atomic E-state index is 0.0341. The van der Waals surface area contributed by atoms with Crippen LogP contribution in [0.1, 0.15) is 221 Å². The summed E-state index contributed by atoms with van der Waals surface area (Å²) in [6.07, 6.45) is 11.5. The monoisotopic (exact) mass is 1070 g/mol. The molecule has 6 heterocycles. The van der Waals surface area contributed by atoms with Gasteiger partial charge >= 0.3 is 0 Å². The Morgan fingerprint density at radius 2 is 0.568 bits per heavy atom. The molecule has 0 unspecified atom stereocenters. The van der Waals surface area contributed by atoms with Gasteiger partial charge in [0.05, 0.1) is 88.7 Å². The average molecular weight is 1070 g/mol. The van der Waals surface area contributed by atoms with Crippen LogP contribution in [0, 0.1) is 0 Å². The van der Waals surface area contributed by atoms with E-state index in [9.17, 15) is 43.2 Å². The summed E-state index contributed by atoms with van der Waals surface area (Å²) in [6, 6.07) is 16.7. The first-order valence-electron chi connectivity index (χ1n) is 27.1. The number of hydrogen-bond donors (Lipinski definition) is 3. The third-order valence-corrected chi connectivity index (χ3v) is 18.4. The summed E-state index contributed by atoms with van der Waals surface area (Å²) >= 11 is 0. The molecule has 0 saturated carbocycles. The second-order valence-electron chi connectivity index (χ2n) is 23.0. The number of nitrogens with zero attached hydrogens (tertiary/aromatic N) is 6. The predicted octanol–water partition coefficient (Wildman–Crippen LogP) is 8.08. The van der Waals surface area contributed by atoms with Crippen molar-refractivity contribution in [3.05, 3.63) is 209 Å². The van der Waals surface area contributed by atoms with Gasteiger partial charge in [-0.1, -0.05) is 0 Å². The van der Waals surface area contributed by atoms with Crippen molar-refractivity contribution in [2.75, 3.05) is 16.0 Å². The molecule has 6 atom stereocenters. The standard InChI is InChI=1S/C63H45N9O9/c1-25(73)67-31-4-28(16-64-19-31)22-70-58(76)46-7-34-35(8-47(46)59(70)77)41-13-40(34)52-53(41)55-43-15-45(39-12-51-49(10-37(39)43)61(79)72(63(51)81)24-30-6-33(21-66-18-30)69-27(3)75)57(55)56-44-14-42(54(52)56)36-9-48-50(11-38(36)44)62(80)71(60(48)78)23-29-5-32(20-65-17-29)68-26(2)74/h4-12,16-21,40-45H,13-15,22-24H2,1-3H3,(H,67,73)(H,68,74)(H,69,75)/t40-,41+,42+,43-,44-,45+. The number of amides is 9. The van der Waals surface area contributed by atoms with Crippen LogP contribution in [0.15, 0.2) is 91.8 Å². The van der Waals surface area contributed by atoms with Gasteiger partial charge in [-0.05, 0) is 157 Å². The number of hydrogen-bond acceptors (Lipinski definition) is 12. The molecule has 9 aliphatic rings. The molecule has 18 nitrogen and oxygen atoms in total. The Kier molecular flexibility index (Phi) is 9.54. The van der Waals surface area contributed by atoms with E-state index >= 15 is 0 Å². The number of carbonyl (C=O) groups is 9. The van der Waals surface area contributed by atoms with Crippen LogP contribution in [0.25, 0.3) is 0 Å². The van der Waals surface area contributed by atoms with E-state index < -0.39 is 35.4 Å². The molecule has 0 radical (unpaired) electrons. The quantitative estimate of drug-likeness (QED) is 0.116. The molecule has 3 aliphatic heterocycles. The van der Waals surface area contributed by atoms with Gasteiger partial charge in [-0.15, -0.1) is 0 Å². The third kappa shape index (κ3) is 6.49. The molecule has 6 bridgehead atoms. The van der Waals surface area contributed by atoms with Crippen molar-refractivity contribution >= 4 is 70.2 Å². The van der Waals surface area contributed by atoms with Crippen LogP contribution in [0.2, 0.25) is 0 Å². The first kappa shape index (κ1) is 47.2. The molecule has 3 aromatic heterocycles. The summed E-state index contributed by atoms with van der Waals surface area (Å²) in [5.41, 5.74) is 18.6. The van der Waals surface area contributed by atoms with Crippen LogP contribution in [0.5, 0.6) is 0 Å². The fourth-order valence-electron chi connectivity index (χ4n) is 15.7. The zero-order chi connectivity index (χ0) is 55.3. The molecule has 0 spiro atoms. The second kappa shape index (κ2) is 16.4. The van der Waals surface area contributed by atoms with E-state index in [1.54, 1.807) is 36.8 Å². The van der Waals surface area contributed by atoms with Gasteiger partial charge in [0.1, 0.15) is 0 Å². The van der Waals surface area contributed by atoms with E-state index in [4.69, 9.17) is 0 Å². The van der Waals surface area contributed by atoms with Crippen molar-refractivity contribution in [1.82, 2.24) is 29.7 Å². The van der Waals surface area contributed by atoms with Crippen LogP contribution >= 0.6 is 0 Å². The Bertz CT molecular complexity index is 3690. The Balaban J connectivity index is 0.802. The average Bonchev–Trinajstić information content (AvgIpc) is 1.96. The number of nitrogens with one attached hydrogen (secondary N) is 3. The molecule has 6 aliphatic carbocycles. The van der Waals surface area contributed by atoms with Crippen molar-refractivity contribution in [2.45, 2.75) is 95.2 Å². The predicted molar refractivity (Wildman–Crippen MR) is 289 cm³/mol. The largest absolute Gasteiger partial charge is 0.325 e. The lowest BCUT2D eigenvalue weighted by atomic mass is 9.68. The lowest BCUT2D eigenvalue weighted by Crippen LogP contribution is -2.29. The van der Waals surface area contributed by atoms with E-state index in [1.165, 1.54) is 87.4 Å². The molecule has 9 amide bonds. The maximum atomic E-state index is 14.4. The summed E-state index contributed by atoms with van der Waals surface area (Å²) < 4.78 is 0. The smallest absolute Gasteiger partial charge is 0.261 e. The lowest BCUT2D eigenvalue weighted by molar-refractivity contribution is -0.115. The number of pyridine rings is 3. The summed E-state index contributed by atoms with van der Waals surface area (Å²) in [6.45, 7) is 4.08. The topological polar surface area (TPSA) is 238 Å². The van der Waals surface area contributed by atoms with Gasteiger partial charge in [-0.3, -0.25) is 72.8 Å². The van der Waals surface area contributed by atoms with Gasteiger partial charge in [0.25, 0.3) is 35.4 Å². The van der Waals surface area contributed by atoms with Crippen molar-refractivity contribution in [2.24, 2.45) is 0 Å². The van der Waals surface area contributed by atoms with Crippen LogP contribution in [-0.2, 0) is 34.0 Å². The van der Waals surface area contributed by atoms with Gasteiger partial charge in [-0.2, -0.15) is 0 Å². The third-order valence-electron chi connectivity index (χ3n) is 18.4. The maximum absolute atomic E-state index is 14.4. The number of benzene rings is 4. The van der Waals surface area contributed by atoms with Gasteiger partial charge in [0.15, 0.2) is 0 Å². The molecule has 81 heavy (non-hydrogen) atoms. The normalized spacial score (nSPS) is 21.7. The fraction of sp³-hybridized carbons (Fsp3) is 0.238. The van der Waals surface area contributed by atoms with Gasteiger partial charge in [0, 0.05) is 74.9 Å². The van der Waals surface area contributed by atoms with Crippen molar-refractivity contribution < 1.29 is 43.2 Å². The number of aromatic nitrogens is 3. The number of anilines is 3. The van der Waals surface area contributed by atoms with Crippen molar-refractivity contribution in [3.8, 4) is 0 Å². The van der Waals surface area contributed by atoms with E-state index in [-0.39, 0.29) is 72.9 Å². The summed E-state index contributed by atoms with van der Waals surface area (Å²) in [7, 11) is 0. The highest BCUT2D eigenvalue weighted by Gasteiger charge is 2.58. The Labute approximate surface area is 461 Å². The van der Waals surface area contributed by atoms with E-state index in [1.807, 2.05) is 36.4 Å². The second-order valence-corrected chi connectivity index (χ2v) is 23.0. The molecular formula is C63H45N9O9. The van der Waals surface area contributed by atoms with E-state index in [0.717, 1.165) is 52.6 Å². The van der Waals surface area contributed by atoms with Crippen LogP contribution in [0.3, 0.4) is 0 Å². The van der Waals surface area contributed by atoms with Crippen LogP contribution in [0.4, 0.5) is 17.1 Å². The Hall–Kier alpha value is -9.84. The number of rotatable bonds is 9. The fourth-order valence-corrected chi connectivity index (χ4v) is 15.7. The minimum Gasteiger partial charge on any atom is -0.325 e. The highest BCUT2D eigenvalue weighted by atomic mass is 16.2. The van der Waals surface area contributed by atoms with Crippen LogP contribution in [-0.4, -0.2) is 82.8 Å². The Morgan fingerprint density at radius 3 is 0.765 bits per heavy atom. The molecule has 7 aromatic rings. The SMILES string of the molecule is CC(=O)Nc1cncc(CN2C(=O)c3cc4c(cc3C2=O)[C@@H]2C[C@H]4c3c4c(c5c(c32)[C@@H]2C[C@H]5c3cc5c(cc32)C(=O)N(Cc2cncc(NC(C)=O)c2)C5=O)[C@@H]2C[C@H]4c3cc4c(cc32)C(=O)N(Cc2cncc(NC(C)=O)c2)C4=O)c1. The summed E-state index contributed by atoms with van der Waals surface area (Å²) in [5, 5.41) is 8.15. The first-order chi connectivity index (χ1) is 39.1. The zero-order valence-corrected chi connectivity index (χ0v) is 43.7. The molecule has 396 valence electrons. The Morgan fingerprint density at radius 1 is 0.358 bits per heavy atom. The molecular weight excluding hydrogens is 1030 g/mol. The molecule has 16 rings (SSSR count). The molecule has 0 saturated heterocycles. The molecule has 0 fully saturated rings. The number of imide groups is 3. The van der Waals surface area contributed by atoms with E-state index in [0.29, 0.717) is 67.1 Å². The van der Waals surface area contributed by atoms with E-state index in [2.05, 4.69) is 30.9 Å². The molecule has 18 heteroatoms. The van der Waals surface area contributed by atoms with Gasteiger partial charge < -0.3 is 16.0 Å². The number of carbonyl (C=O) groups excluding carboxylic acids is 9. The zero-order valence-electron chi connectivity index (χ0n) is 43.7. The molecule has 3 N–H and O–H groups in total. The first-order valence-corrected chi connectivity index (χ1v) is 27.1. The number of fused-ring (bicyclic) bond motifs is 30. The highest BCUT2D eigenvalue weighted by molar-refractivity contribution is 6.23. The molecule has 4 aromatic carbocycles. The van der Waals surface area contributed by atoms with Gasteiger partial charge in [0.2, 0.25) is 17.7 Å². The lowest BCUT2D eigenvalue weighted by Gasteiger charge is -2.35. The van der Waals surface area contributed by atoms with Crippen LogP contribution < -0.4 is 16.0 Å². The van der Waals surface area contributed by atoms with Crippen molar-refractivity contribution in [1.29, 1.82) is 0 Å².